The molecule has 1 heterocycles. The zero-order chi connectivity index (χ0) is 15.4. The minimum Gasteiger partial charge on any atom is -0.304 e. The van der Waals surface area contributed by atoms with E-state index >= 15 is 0 Å². The zero-order valence-electron chi connectivity index (χ0n) is 14.2. The van der Waals surface area contributed by atoms with Crippen LogP contribution in [0.3, 0.4) is 0 Å². The lowest BCUT2D eigenvalue weighted by Crippen LogP contribution is -2.48. The fourth-order valence-corrected chi connectivity index (χ4v) is 4.13. The van der Waals surface area contributed by atoms with Crippen LogP contribution in [0.25, 0.3) is 0 Å². The van der Waals surface area contributed by atoms with Gasteiger partial charge in [-0.25, -0.2) is 0 Å². The summed E-state index contributed by atoms with van der Waals surface area (Å²) in [6.45, 7) is 7.36. The number of rotatable bonds is 5. The summed E-state index contributed by atoms with van der Waals surface area (Å²) < 4.78 is 0. The molecule has 0 spiro atoms. The molecule has 1 aromatic carbocycles. The van der Waals surface area contributed by atoms with Crippen LogP contribution in [0, 0.1) is 5.92 Å². The van der Waals surface area contributed by atoms with Crippen molar-refractivity contribution in [3.05, 3.63) is 35.9 Å². The molecule has 0 amide bonds. The number of piperazine rings is 1. The van der Waals surface area contributed by atoms with E-state index in [9.17, 15) is 0 Å². The van der Waals surface area contributed by atoms with Gasteiger partial charge in [0.1, 0.15) is 0 Å². The van der Waals surface area contributed by atoms with Crippen LogP contribution in [0.2, 0.25) is 0 Å². The highest BCUT2D eigenvalue weighted by molar-refractivity contribution is 5.14. The second-order valence-corrected chi connectivity index (χ2v) is 7.35. The Morgan fingerprint density at radius 1 is 1.05 bits per heavy atom. The Bertz CT molecular complexity index is 439. The Morgan fingerprint density at radius 2 is 1.77 bits per heavy atom. The van der Waals surface area contributed by atoms with Gasteiger partial charge in [0.05, 0.1) is 0 Å². The number of likely N-dealkylation sites (N-methyl/N-ethyl adjacent to an activating group) is 1. The number of hydrogen-bond acceptors (Lipinski definition) is 3. The van der Waals surface area contributed by atoms with E-state index in [1.54, 1.807) is 0 Å². The maximum atomic E-state index is 2.75. The van der Waals surface area contributed by atoms with Crippen molar-refractivity contribution in [2.24, 2.45) is 5.92 Å². The van der Waals surface area contributed by atoms with Crippen molar-refractivity contribution >= 4 is 0 Å². The summed E-state index contributed by atoms with van der Waals surface area (Å²) in [7, 11) is 4.52. The highest BCUT2D eigenvalue weighted by Crippen LogP contribution is 2.30. The van der Waals surface area contributed by atoms with Gasteiger partial charge in [0.25, 0.3) is 0 Å². The van der Waals surface area contributed by atoms with Crippen LogP contribution in [-0.4, -0.2) is 67.6 Å². The molecule has 1 aromatic rings. The van der Waals surface area contributed by atoms with Crippen LogP contribution in [0.4, 0.5) is 0 Å². The van der Waals surface area contributed by atoms with Crippen LogP contribution in [-0.2, 0) is 6.54 Å². The highest BCUT2D eigenvalue weighted by atomic mass is 15.3. The molecule has 2 fully saturated rings. The Kier molecular flexibility index (Phi) is 5.51. The average molecular weight is 301 g/mol. The summed E-state index contributed by atoms with van der Waals surface area (Å²) in [5.41, 5.74) is 1.43. The van der Waals surface area contributed by atoms with E-state index in [-0.39, 0.29) is 0 Å². The van der Waals surface area contributed by atoms with E-state index in [1.165, 1.54) is 57.5 Å². The van der Waals surface area contributed by atoms with Gasteiger partial charge in [-0.05, 0) is 44.8 Å². The summed E-state index contributed by atoms with van der Waals surface area (Å²) in [5.74, 6) is 0.887. The van der Waals surface area contributed by atoms with E-state index in [4.69, 9.17) is 0 Å². The standard InChI is InChI=1S/C19H31N3/c1-20-10-12-22(13-11-20)19-9-8-18(14-19)16-21(2)15-17-6-4-3-5-7-17/h3-7,18-19H,8-16H2,1-2H3/t18-,19+/m1/s1. The largest absolute Gasteiger partial charge is 0.304 e. The van der Waals surface area contributed by atoms with Gasteiger partial charge in [-0.2, -0.15) is 0 Å². The maximum absolute atomic E-state index is 2.75. The normalized spacial score (nSPS) is 27.6. The lowest BCUT2D eigenvalue weighted by molar-refractivity contribution is 0.110. The van der Waals surface area contributed by atoms with Crippen molar-refractivity contribution in [1.29, 1.82) is 0 Å². The first-order chi connectivity index (χ1) is 10.7. The van der Waals surface area contributed by atoms with Gasteiger partial charge >= 0.3 is 0 Å². The molecule has 0 radical (unpaired) electrons. The molecule has 3 rings (SSSR count). The molecule has 2 aliphatic rings. The Hall–Kier alpha value is -0.900. The van der Waals surface area contributed by atoms with E-state index < -0.39 is 0 Å². The maximum Gasteiger partial charge on any atom is 0.0230 e. The van der Waals surface area contributed by atoms with E-state index in [0.29, 0.717) is 0 Å². The molecule has 0 aromatic heterocycles. The fourth-order valence-electron chi connectivity index (χ4n) is 4.13. The quantitative estimate of drug-likeness (QED) is 0.827. The minimum absolute atomic E-state index is 0.851. The molecule has 3 nitrogen and oxygen atoms in total. The van der Waals surface area contributed by atoms with Crippen LogP contribution >= 0.6 is 0 Å². The van der Waals surface area contributed by atoms with Crippen molar-refractivity contribution in [2.45, 2.75) is 31.8 Å². The van der Waals surface area contributed by atoms with E-state index in [1.807, 2.05) is 0 Å². The summed E-state index contributed by atoms with van der Waals surface area (Å²) in [5, 5.41) is 0. The van der Waals surface area contributed by atoms with E-state index in [2.05, 4.69) is 59.1 Å². The summed E-state index contributed by atoms with van der Waals surface area (Å²) >= 11 is 0. The Labute approximate surface area is 135 Å². The van der Waals surface area contributed by atoms with Gasteiger partial charge < -0.3 is 9.80 Å². The van der Waals surface area contributed by atoms with Crippen LogP contribution in [0.1, 0.15) is 24.8 Å². The van der Waals surface area contributed by atoms with E-state index in [0.717, 1.165) is 18.5 Å². The van der Waals surface area contributed by atoms with Gasteiger partial charge in [0.2, 0.25) is 0 Å². The minimum atomic E-state index is 0.851. The van der Waals surface area contributed by atoms with Gasteiger partial charge in [-0.15, -0.1) is 0 Å². The predicted octanol–water partition coefficient (Wildman–Crippen LogP) is 2.53. The second-order valence-electron chi connectivity index (χ2n) is 7.35. The smallest absolute Gasteiger partial charge is 0.0230 e. The van der Waals surface area contributed by atoms with Crippen LogP contribution in [0.5, 0.6) is 0 Å². The number of nitrogens with zero attached hydrogens (tertiary/aromatic N) is 3. The molecular weight excluding hydrogens is 270 g/mol. The Balaban J connectivity index is 1.42. The zero-order valence-corrected chi connectivity index (χ0v) is 14.2. The van der Waals surface area contributed by atoms with Gasteiger partial charge in [0, 0.05) is 45.3 Å². The first kappa shape index (κ1) is 16.0. The monoisotopic (exact) mass is 301 g/mol. The van der Waals surface area contributed by atoms with Gasteiger partial charge in [-0.3, -0.25) is 4.90 Å². The first-order valence-electron chi connectivity index (χ1n) is 8.86. The predicted molar refractivity (Wildman–Crippen MR) is 93.0 cm³/mol. The molecule has 0 N–H and O–H groups in total. The van der Waals surface area contributed by atoms with Crippen molar-refractivity contribution in [3.8, 4) is 0 Å². The molecule has 122 valence electrons. The van der Waals surface area contributed by atoms with Crippen molar-refractivity contribution in [1.82, 2.24) is 14.7 Å². The van der Waals surface area contributed by atoms with Crippen LogP contribution < -0.4 is 0 Å². The fraction of sp³-hybridized carbons (Fsp3) is 0.684. The van der Waals surface area contributed by atoms with Gasteiger partial charge in [0.15, 0.2) is 0 Å². The Morgan fingerprint density at radius 3 is 2.50 bits per heavy atom. The molecule has 0 bridgehead atoms. The molecule has 1 saturated carbocycles. The molecule has 3 heteroatoms. The molecule has 0 unspecified atom stereocenters. The molecular formula is C19H31N3. The lowest BCUT2D eigenvalue weighted by atomic mass is 10.1. The second kappa shape index (κ2) is 7.58. The number of benzene rings is 1. The summed E-state index contributed by atoms with van der Waals surface area (Å²) in [6.07, 6.45) is 4.23. The first-order valence-corrected chi connectivity index (χ1v) is 8.86. The van der Waals surface area contributed by atoms with Crippen molar-refractivity contribution in [3.63, 3.8) is 0 Å². The molecule has 1 saturated heterocycles. The van der Waals surface area contributed by atoms with Crippen molar-refractivity contribution < 1.29 is 0 Å². The molecule has 22 heavy (non-hydrogen) atoms. The number of hydrogen-bond donors (Lipinski definition) is 0. The highest BCUT2D eigenvalue weighted by Gasteiger charge is 2.30. The SMILES string of the molecule is CN1CCN([C@H]2CC[C@@H](CN(C)Cc3ccccc3)C2)CC1. The molecule has 1 aliphatic heterocycles. The summed E-state index contributed by atoms with van der Waals surface area (Å²) in [4.78, 5) is 7.71. The molecule has 1 aliphatic carbocycles. The van der Waals surface area contributed by atoms with Crippen LogP contribution in [0.15, 0.2) is 30.3 Å². The average Bonchev–Trinajstić information content (AvgIpc) is 2.97. The topological polar surface area (TPSA) is 9.72 Å². The van der Waals surface area contributed by atoms with Gasteiger partial charge in [-0.1, -0.05) is 30.3 Å². The third-order valence-electron chi connectivity index (χ3n) is 5.43. The van der Waals surface area contributed by atoms with Crippen molar-refractivity contribution in [2.75, 3.05) is 46.8 Å². The lowest BCUT2D eigenvalue weighted by Gasteiger charge is -2.36. The summed E-state index contributed by atoms with van der Waals surface area (Å²) in [6, 6.07) is 11.7. The molecule has 2 atom stereocenters. The third kappa shape index (κ3) is 4.31. The third-order valence-corrected chi connectivity index (χ3v) is 5.43.